The van der Waals surface area contributed by atoms with Crippen LogP contribution in [0.4, 0.5) is 26.3 Å². The standard InChI is InChI=1S/C21H16F6N2O3.C8H16O2/c1-12(2)29-19(30)18(14-5-9-16(10-6-14)32-21(25,26)27)17(11-28-29)13-3-7-15(8-4-13)31-20(22,23)24;1-6(2)7(9)10-8(3,4)5/h3-12H,1-2H3;6H,1-5H3. The first-order valence-electron chi connectivity index (χ1n) is 12.7. The Balaban J connectivity index is 0.000000528. The number of hydrogen-bond acceptors (Lipinski definition) is 6. The van der Waals surface area contributed by atoms with Crippen LogP contribution in [-0.2, 0) is 9.53 Å². The van der Waals surface area contributed by atoms with Gasteiger partial charge in [0.1, 0.15) is 17.1 Å². The zero-order chi connectivity index (χ0) is 32.0. The molecular weight excluding hydrogens is 570 g/mol. The number of halogens is 6. The number of carbonyl (C=O) groups excluding carboxylic acids is 1. The molecule has 0 fully saturated rings. The van der Waals surface area contributed by atoms with Gasteiger partial charge in [0.25, 0.3) is 5.56 Å². The highest BCUT2D eigenvalue weighted by Gasteiger charge is 2.32. The molecule has 0 saturated heterocycles. The maximum atomic E-state index is 13.1. The van der Waals surface area contributed by atoms with E-state index in [9.17, 15) is 35.9 Å². The minimum atomic E-state index is -4.87. The lowest BCUT2D eigenvalue weighted by Crippen LogP contribution is -2.26. The molecule has 1 aromatic heterocycles. The second-order valence-corrected chi connectivity index (χ2v) is 10.6. The van der Waals surface area contributed by atoms with Crippen molar-refractivity contribution in [2.75, 3.05) is 0 Å². The third-order valence-electron chi connectivity index (χ3n) is 5.15. The molecule has 3 rings (SSSR count). The summed E-state index contributed by atoms with van der Waals surface area (Å²) in [5.74, 6) is -1.07. The molecular formula is C29H32F6N2O5. The minimum absolute atomic E-state index is 0.0285. The fourth-order valence-corrected chi connectivity index (χ4v) is 3.41. The predicted molar refractivity (Wildman–Crippen MR) is 144 cm³/mol. The molecule has 230 valence electrons. The van der Waals surface area contributed by atoms with Gasteiger partial charge in [0, 0.05) is 5.56 Å². The quantitative estimate of drug-likeness (QED) is 0.211. The minimum Gasteiger partial charge on any atom is -0.460 e. The van der Waals surface area contributed by atoms with Crippen molar-refractivity contribution >= 4 is 5.97 Å². The molecule has 42 heavy (non-hydrogen) atoms. The van der Waals surface area contributed by atoms with Crippen LogP contribution in [0.5, 0.6) is 11.5 Å². The van der Waals surface area contributed by atoms with E-state index in [4.69, 9.17) is 4.74 Å². The molecule has 0 atom stereocenters. The predicted octanol–water partition coefficient (Wildman–Crippen LogP) is 7.94. The Labute approximate surface area is 239 Å². The van der Waals surface area contributed by atoms with Gasteiger partial charge in [-0.25, -0.2) is 4.68 Å². The Bertz CT molecular complexity index is 1390. The zero-order valence-corrected chi connectivity index (χ0v) is 24.1. The number of aromatic nitrogens is 2. The van der Waals surface area contributed by atoms with Crippen molar-refractivity contribution in [3.05, 3.63) is 65.1 Å². The van der Waals surface area contributed by atoms with Gasteiger partial charge in [0.2, 0.25) is 0 Å². The van der Waals surface area contributed by atoms with Crippen LogP contribution < -0.4 is 15.0 Å². The van der Waals surface area contributed by atoms with Gasteiger partial charge in [-0.1, -0.05) is 38.1 Å². The highest BCUT2D eigenvalue weighted by Crippen LogP contribution is 2.33. The zero-order valence-electron chi connectivity index (χ0n) is 24.1. The second kappa shape index (κ2) is 13.3. The Morgan fingerprint density at radius 1 is 0.762 bits per heavy atom. The molecule has 0 N–H and O–H groups in total. The molecule has 0 aliphatic heterocycles. The average Bonchev–Trinajstić information content (AvgIpc) is 2.82. The number of hydrogen-bond donors (Lipinski definition) is 0. The van der Waals surface area contributed by atoms with E-state index in [1.807, 2.05) is 34.6 Å². The highest BCUT2D eigenvalue weighted by molar-refractivity contribution is 5.82. The lowest BCUT2D eigenvalue weighted by molar-refractivity contribution is -0.275. The number of carbonyl (C=O) groups is 1. The van der Waals surface area contributed by atoms with E-state index < -0.39 is 29.8 Å². The smallest absolute Gasteiger partial charge is 0.460 e. The van der Waals surface area contributed by atoms with Crippen molar-refractivity contribution < 1.29 is 45.3 Å². The summed E-state index contributed by atoms with van der Waals surface area (Å²) in [6, 6.07) is 9.19. The molecule has 0 radical (unpaired) electrons. The first-order valence-corrected chi connectivity index (χ1v) is 12.7. The van der Waals surface area contributed by atoms with Gasteiger partial charge in [-0.05, 0) is 70.0 Å². The largest absolute Gasteiger partial charge is 0.573 e. The van der Waals surface area contributed by atoms with Gasteiger partial charge in [0.15, 0.2) is 0 Å². The van der Waals surface area contributed by atoms with Crippen molar-refractivity contribution in [3.63, 3.8) is 0 Å². The average molecular weight is 603 g/mol. The Morgan fingerprint density at radius 3 is 1.52 bits per heavy atom. The highest BCUT2D eigenvalue weighted by atomic mass is 19.4. The van der Waals surface area contributed by atoms with E-state index in [0.29, 0.717) is 5.56 Å². The number of esters is 1. The van der Waals surface area contributed by atoms with Crippen molar-refractivity contribution in [1.82, 2.24) is 9.78 Å². The Hall–Kier alpha value is -4.03. The van der Waals surface area contributed by atoms with E-state index in [0.717, 1.165) is 24.3 Å². The number of alkyl halides is 6. The number of ether oxygens (including phenoxy) is 3. The molecule has 0 amide bonds. The SMILES string of the molecule is CC(C)C(=O)OC(C)(C)C.CC(C)n1ncc(-c2ccc(OC(F)(F)F)cc2)c(-c2ccc(OC(F)(F)F)cc2)c1=O. The molecule has 0 bridgehead atoms. The van der Waals surface area contributed by atoms with E-state index in [-0.39, 0.29) is 40.2 Å². The summed E-state index contributed by atoms with van der Waals surface area (Å²) in [6.07, 6.45) is -8.35. The number of nitrogens with zero attached hydrogens (tertiary/aromatic N) is 2. The Morgan fingerprint density at radius 2 is 1.19 bits per heavy atom. The molecule has 1 heterocycles. The van der Waals surface area contributed by atoms with Crippen molar-refractivity contribution in [1.29, 1.82) is 0 Å². The molecule has 0 unspecified atom stereocenters. The van der Waals surface area contributed by atoms with Crippen LogP contribution in [0.1, 0.15) is 54.5 Å². The molecule has 7 nitrogen and oxygen atoms in total. The van der Waals surface area contributed by atoms with Crippen LogP contribution in [0.25, 0.3) is 22.3 Å². The van der Waals surface area contributed by atoms with Gasteiger partial charge in [-0.3, -0.25) is 9.59 Å². The van der Waals surface area contributed by atoms with E-state index >= 15 is 0 Å². The van der Waals surface area contributed by atoms with Gasteiger partial charge in [-0.2, -0.15) is 5.10 Å². The summed E-state index contributed by atoms with van der Waals surface area (Å²) in [5.41, 5.74) is 0.198. The van der Waals surface area contributed by atoms with E-state index in [2.05, 4.69) is 14.6 Å². The van der Waals surface area contributed by atoms with Crippen LogP contribution >= 0.6 is 0 Å². The topological polar surface area (TPSA) is 79.7 Å². The monoisotopic (exact) mass is 602 g/mol. The lowest BCUT2D eigenvalue weighted by atomic mass is 9.97. The summed E-state index contributed by atoms with van der Waals surface area (Å²) in [4.78, 5) is 24.0. The second-order valence-electron chi connectivity index (χ2n) is 10.6. The van der Waals surface area contributed by atoms with Gasteiger partial charge in [-0.15, -0.1) is 26.3 Å². The lowest BCUT2D eigenvalue weighted by Gasteiger charge is -2.20. The first-order chi connectivity index (χ1) is 19.2. The summed E-state index contributed by atoms with van der Waals surface area (Å²) in [5, 5.41) is 4.11. The van der Waals surface area contributed by atoms with Crippen LogP contribution in [0.3, 0.4) is 0 Å². The molecule has 0 aliphatic carbocycles. The van der Waals surface area contributed by atoms with Gasteiger partial charge < -0.3 is 14.2 Å². The van der Waals surface area contributed by atoms with Crippen LogP contribution in [0.2, 0.25) is 0 Å². The van der Waals surface area contributed by atoms with Crippen LogP contribution in [0, 0.1) is 5.92 Å². The third kappa shape index (κ3) is 10.7. The molecule has 0 saturated carbocycles. The molecule has 3 aromatic rings. The van der Waals surface area contributed by atoms with Crippen LogP contribution in [0.15, 0.2) is 59.5 Å². The van der Waals surface area contributed by atoms with Crippen molar-refractivity contribution in [2.24, 2.45) is 5.92 Å². The van der Waals surface area contributed by atoms with E-state index in [1.54, 1.807) is 13.8 Å². The summed E-state index contributed by atoms with van der Waals surface area (Å²) in [6.45, 7) is 12.7. The molecule has 2 aromatic carbocycles. The number of benzene rings is 2. The molecule has 13 heteroatoms. The fraction of sp³-hybridized carbons (Fsp3) is 0.414. The van der Waals surface area contributed by atoms with Crippen molar-refractivity contribution in [2.45, 2.75) is 72.8 Å². The van der Waals surface area contributed by atoms with Crippen LogP contribution in [-0.4, -0.2) is 34.1 Å². The molecule has 0 aliphatic rings. The van der Waals surface area contributed by atoms with Gasteiger partial charge in [0.05, 0.1) is 23.7 Å². The number of rotatable bonds is 6. The van der Waals surface area contributed by atoms with Gasteiger partial charge >= 0.3 is 18.7 Å². The maximum Gasteiger partial charge on any atom is 0.573 e. The third-order valence-corrected chi connectivity index (χ3v) is 5.15. The van der Waals surface area contributed by atoms with Crippen molar-refractivity contribution in [3.8, 4) is 33.8 Å². The summed E-state index contributed by atoms with van der Waals surface area (Å²) >= 11 is 0. The first kappa shape index (κ1) is 34.2. The normalized spacial score (nSPS) is 12.1. The Kier molecular flexibility index (Phi) is 10.8. The maximum absolute atomic E-state index is 13.1. The fourth-order valence-electron chi connectivity index (χ4n) is 3.41. The summed E-state index contributed by atoms with van der Waals surface area (Å²) < 4.78 is 88.4. The summed E-state index contributed by atoms with van der Waals surface area (Å²) in [7, 11) is 0. The van der Waals surface area contributed by atoms with E-state index in [1.165, 1.54) is 35.1 Å². The molecule has 0 spiro atoms.